The highest BCUT2D eigenvalue weighted by molar-refractivity contribution is 5.86. The van der Waals surface area contributed by atoms with Crippen LogP contribution in [0.3, 0.4) is 0 Å². The maximum Gasteiger partial charge on any atom is 0.320 e. The molecule has 0 radical (unpaired) electrons. The van der Waals surface area contributed by atoms with Crippen LogP contribution in [0.1, 0.15) is 13.8 Å². The van der Waals surface area contributed by atoms with Crippen molar-refractivity contribution in [3.63, 3.8) is 0 Å². The van der Waals surface area contributed by atoms with Crippen molar-refractivity contribution in [2.24, 2.45) is 10.9 Å². The molecular formula is C8H18N4O2. The topological polar surface area (TPSA) is 82.2 Å². The molecular weight excluding hydrogens is 184 g/mol. The van der Waals surface area contributed by atoms with Gasteiger partial charge in [0.1, 0.15) is 0 Å². The summed E-state index contributed by atoms with van der Waals surface area (Å²) in [4.78, 5) is 14.6. The van der Waals surface area contributed by atoms with Crippen LogP contribution in [0.25, 0.3) is 0 Å². The monoisotopic (exact) mass is 202 g/mol. The molecule has 0 rings (SSSR count). The van der Waals surface area contributed by atoms with E-state index in [1.807, 2.05) is 13.8 Å². The predicted molar refractivity (Wildman–Crippen MR) is 54.3 cm³/mol. The summed E-state index contributed by atoms with van der Waals surface area (Å²) in [5.41, 5.74) is 5.34. The maximum atomic E-state index is 11.6. The second kappa shape index (κ2) is 5.31. The van der Waals surface area contributed by atoms with E-state index in [1.54, 1.807) is 14.1 Å². The Morgan fingerprint density at radius 2 is 2.00 bits per heavy atom. The molecule has 82 valence electrons. The Morgan fingerprint density at radius 1 is 1.50 bits per heavy atom. The summed E-state index contributed by atoms with van der Waals surface area (Å²) in [6.45, 7) is 3.86. The number of urea groups is 1. The first kappa shape index (κ1) is 12.5. The molecule has 0 saturated carbocycles. The van der Waals surface area contributed by atoms with Crippen molar-refractivity contribution in [3.8, 4) is 0 Å². The molecule has 6 nitrogen and oxygen atoms in total. The van der Waals surface area contributed by atoms with Crippen LogP contribution < -0.4 is 5.73 Å². The second-order valence-corrected chi connectivity index (χ2v) is 3.49. The van der Waals surface area contributed by atoms with Crippen LogP contribution in [0, 0.1) is 0 Å². The van der Waals surface area contributed by atoms with Crippen LogP contribution in [0.2, 0.25) is 0 Å². The molecule has 3 N–H and O–H groups in total. The smallest absolute Gasteiger partial charge is 0.320 e. The van der Waals surface area contributed by atoms with E-state index in [2.05, 4.69) is 5.16 Å². The number of nitrogens with two attached hydrogens (primary N) is 1. The van der Waals surface area contributed by atoms with Gasteiger partial charge in [0.25, 0.3) is 0 Å². The summed E-state index contributed by atoms with van der Waals surface area (Å²) in [6.07, 6.45) is 0. The first-order valence-corrected chi connectivity index (χ1v) is 4.34. The summed E-state index contributed by atoms with van der Waals surface area (Å²) in [5, 5.41) is 11.2. The fourth-order valence-corrected chi connectivity index (χ4v) is 0.934. The highest BCUT2D eigenvalue weighted by Gasteiger charge is 2.19. The van der Waals surface area contributed by atoms with E-state index in [4.69, 9.17) is 10.9 Å². The Hall–Kier alpha value is -1.46. The van der Waals surface area contributed by atoms with Gasteiger partial charge < -0.3 is 20.7 Å². The van der Waals surface area contributed by atoms with Crippen LogP contribution in [0.15, 0.2) is 5.16 Å². The molecule has 0 aromatic carbocycles. The van der Waals surface area contributed by atoms with E-state index in [0.29, 0.717) is 0 Å². The molecule has 0 aromatic rings. The van der Waals surface area contributed by atoms with Crippen LogP contribution in [0.5, 0.6) is 0 Å². The summed E-state index contributed by atoms with van der Waals surface area (Å²) in [5.74, 6) is 0.0221. The van der Waals surface area contributed by atoms with E-state index in [9.17, 15) is 4.79 Å². The molecule has 0 aliphatic carbocycles. The minimum Gasteiger partial charge on any atom is -0.409 e. The van der Waals surface area contributed by atoms with Crippen molar-refractivity contribution in [3.05, 3.63) is 0 Å². The lowest BCUT2D eigenvalue weighted by Crippen LogP contribution is -2.47. The van der Waals surface area contributed by atoms with Gasteiger partial charge in [-0.15, -0.1) is 0 Å². The molecule has 0 aliphatic rings. The Balaban J connectivity index is 4.53. The van der Waals surface area contributed by atoms with Gasteiger partial charge in [-0.25, -0.2) is 4.79 Å². The summed E-state index contributed by atoms with van der Waals surface area (Å²) < 4.78 is 0. The van der Waals surface area contributed by atoms with Crippen LogP contribution in [-0.2, 0) is 0 Å². The molecule has 0 fully saturated rings. The Kier molecular flexibility index (Phi) is 4.76. The van der Waals surface area contributed by atoms with Crippen molar-refractivity contribution < 1.29 is 10.0 Å². The van der Waals surface area contributed by atoms with Crippen LogP contribution in [-0.4, -0.2) is 53.6 Å². The molecule has 0 atom stereocenters. The van der Waals surface area contributed by atoms with Gasteiger partial charge in [0.2, 0.25) is 0 Å². The lowest BCUT2D eigenvalue weighted by atomic mass is 10.3. The maximum absolute atomic E-state index is 11.6. The number of rotatable bonds is 3. The van der Waals surface area contributed by atoms with Gasteiger partial charge in [-0.1, -0.05) is 5.16 Å². The molecule has 0 aliphatic heterocycles. The van der Waals surface area contributed by atoms with Crippen molar-refractivity contribution >= 4 is 11.9 Å². The average Bonchev–Trinajstić information content (AvgIpc) is 2.11. The lowest BCUT2D eigenvalue weighted by Gasteiger charge is -2.28. The number of nitrogens with zero attached hydrogens (tertiary/aromatic N) is 3. The molecule has 14 heavy (non-hydrogen) atoms. The Morgan fingerprint density at radius 3 is 2.29 bits per heavy atom. The third-order valence-corrected chi connectivity index (χ3v) is 1.71. The minimum absolute atomic E-state index is 0.00481. The number of carbonyl (C=O) groups excluding carboxylic acids is 1. The Labute approximate surface area is 84.0 Å². The van der Waals surface area contributed by atoms with Gasteiger partial charge >= 0.3 is 6.03 Å². The van der Waals surface area contributed by atoms with E-state index in [1.165, 1.54) is 9.80 Å². The number of hydrogen-bond acceptors (Lipinski definition) is 3. The van der Waals surface area contributed by atoms with Gasteiger partial charge in [0.05, 0.1) is 6.54 Å². The third-order valence-electron chi connectivity index (χ3n) is 1.71. The Bertz CT molecular complexity index is 225. The lowest BCUT2D eigenvalue weighted by molar-refractivity contribution is 0.165. The van der Waals surface area contributed by atoms with Crippen LogP contribution >= 0.6 is 0 Å². The molecule has 0 aromatic heterocycles. The van der Waals surface area contributed by atoms with Gasteiger partial charge in [-0.05, 0) is 13.8 Å². The fraction of sp³-hybridized carbons (Fsp3) is 0.750. The number of oxime groups is 1. The molecule has 6 heteroatoms. The quantitative estimate of drug-likeness (QED) is 0.295. The minimum atomic E-state index is -0.161. The van der Waals surface area contributed by atoms with Gasteiger partial charge in [-0.2, -0.15) is 0 Å². The average molecular weight is 202 g/mol. The van der Waals surface area contributed by atoms with Crippen molar-refractivity contribution in [2.75, 3.05) is 20.6 Å². The largest absolute Gasteiger partial charge is 0.409 e. The first-order chi connectivity index (χ1) is 6.40. The van der Waals surface area contributed by atoms with E-state index in [0.717, 1.165) is 0 Å². The molecule has 2 amide bonds. The van der Waals surface area contributed by atoms with Crippen LogP contribution in [0.4, 0.5) is 4.79 Å². The van der Waals surface area contributed by atoms with Gasteiger partial charge in [0.15, 0.2) is 5.84 Å². The first-order valence-electron chi connectivity index (χ1n) is 4.34. The second-order valence-electron chi connectivity index (χ2n) is 3.49. The number of amides is 2. The standard InChI is InChI=1S/C8H18N4O2/c1-6(2)12(5-7(9)10-14)8(13)11(3)4/h6,14H,5H2,1-4H3,(H2,9,10). The SMILES string of the molecule is CC(C)N(CC(N)=NO)C(=O)N(C)C. The summed E-state index contributed by atoms with van der Waals surface area (Å²) >= 11 is 0. The molecule has 0 bridgehead atoms. The highest BCUT2D eigenvalue weighted by atomic mass is 16.4. The van der Waals surface area contributed by atoms with E-state index >= 15 is 0 Å². The zero-order valence-corrected chi connectivity index (χ0v) is 9.06. The predicted octanol–water partition coefficient (Wildman–Crippen LogP) is 0.125. The van der Waals surface area contributed by atoms with Crippen molar-refractivity contribution in [2.45, 2.75) is 19.9 Å². The molecule has 0 unspecified atom stereocenters. The van der Waals surface area contributed by atoms with Gasteiger partial charge in [0, 0.05) is 20.1 Å². The van der Waals surface area contributed by atoms with Gasteiger partial charge in [-0.3, -0.25) is 0 Å². The van der Waals surface area contributed by atoms with Crippen molar-refractivity contribution in [1.29, 1.82) is 0 Å². The summed E-state index contributed by atoms with van der Waals surface area (Å²) in [6, 6.07) is -0.156. The summed E-state index contributed by atoms with van der Waals surface area (Å²) in [7, 11) is 3.31. The zero-order valence-electron chi connectivity index (χ0n) is 9.06. The molecule has 0 spiro atoms. The number of hydrogen-bond donors (Lipinski definition) is 2. The number of carbonyl (C=O) groups is 1. The zero-order chi connectivity index (χ0) is 11.3. The van der Waals surface area contributed by atoms with Crippen molar-refractivity contribution in [1.82, 2.24) is 9.80 Å². The third kappa shape index (κ3) is 3.51. The normalized spacial score (nSPS) is 11.6. The molecule has 0 saturated heterocycles. The highest BCUT2D eigenvalue weighted by Crippen LogP contribution is 2.01. The van der Waals surface area contributed by atoms with E-state index in [-0.39, 0.29) is 24.5 Å². The van der Waals surface area contributed by atoms with E-state index < -0.39 is 0 Å². The molecule has 0 heterocycles. The number of amidine groups is 1. The fourth-order valence-electron chi connectivity index (χ4n) is 0.934.